The number of hydrogen-bond donors (Lipinski definition) is 1. The van der Waals surface area contributed by atoms with Crippen molar-refractivity contribution >= 4 is 39.2 Å². The van der Waals surface area contributed by atoms with Gasteiger partial charge in [0.2, 0.25) is 5.91 Å². The van der Waals surface area contributed by atoms with Crippen molar-refractivity contribution in [3.05, 3.63) is 52.7 Å². The van der Waals surface area contributed by atoms with Crippen molar-refractivity contribution in [2.75, 3.05) is 0 Å². The van der Waals surface area contributed by atoms with E-state index >= 15 is 0 Å². The Labute approximate surface area is 168 Å². The van der Waals surface area contributed by atoms with Gasteiger partial charge >= 0.3 is 0 Å². The summed E-state index contributed by atoms with van der Waals surface area (Å²) in [6, 6.07) is 10.5. The number of aryl methyl sites for hydroxylation is 3. The molecule has 1 N–H and O–H groups in total. The third-order valence-corrected chi connectivity index (χ3v) is 6.90. The number of hydrogen-bond acceptors (Lipinski definition) is 5. The highest BCUT2D eigenvalue weighted by Crippen LogP contribution is 2.35. The van der Waals surface area contributed by atoms with Gasteiger partial charge < -0.3 is 5.32 Å². The molecule has 0 saturated carbocycles. The average Bonchev–Trinajstić information content (AvgIpc) is 2.96. The van der Waals surface area contributed by atoms with Crippen LogP contribution in [0.15, 0.2) is 41.7 Å². The summed E-state index contributed by atoms with van der Waals surface area (Å²) in [6.07, 6.45) is 3.48. The Kier molecular flexibility index (Phi) is 6.50. The number of rotatable bonds is 7. The molecule has 2 aromatic heterocycles. The summed E-state index contributed by atoms with van der Waals surface area (Å²) >= 11 is 3.19. The molecule has 1 aromatic carbocycles. The summed E-state index contributed by atoms with van der Waals surface area (Å²) in [6.45, 7) is 8.19. The first-order valence-electron chi connectivity index (χ1n) is 9.17. The van der Waals surface area contributed by atoms with Gasteiger partial charge in [0.05, 0.1) is 5.25 Å². The second-order valence-electron chi connectivity index (χ2n) is 6.84. The standard InChI is InChI=1S/C21H25N3OS2/c1-13(10-11-17-8-6-5-7-9-17)24-19(25)16(4)27-21-18-14(2)15(3)26-20(18)22-12-23-21/h5-9,12-13,16H,10-11H2,1-4H3,(H,24,25). The zero-order chi connectivity index (χ0) is 19.4. The van der Waals surface area contributed by atoms with Gasteiger partial charge in [-0.1, -0.05) is 42.1 Å². The molecule has 4 nitrogen and oxygen atoms in total. The lowest BCUT2D eigenvalue weighted by molar-refractivity contribution is -0.120. The molecule has 0 aliphatic rings. The predicted molar refractivity (Wildman–Crippen MR) is 115 cm³/mol. The fraction of sp³-hybridized carbons (Fsp3) is 0.381. The van der Waals surface area contributed by atoms with Crippen LogP contribution in [0.4, 0.5) is 0 Å². The molecule has 0 radical (unpaired) electrons. The fourth-order valence-corrected chi connectivity index (χ4v) is 4.97. The fourth-order valence-electron chi connectivity index (χ4n) is 2.92. The molecule has 6 heteroatoms. The Morgan fingerprint density at radius 3 is 2.67 bits per heavy atom. The quantitative estimate of drug-likeness (QED) is 0.452. The maximum atomic E-state index is 12.6. The zero-order valence-corrected chi connectivity index (χ0v) is 17.8. The number of nitrogens with zero attached hydrogens (tertiary/aromatic N) is 2. The van der Waals surface area contributed by atoms with E-state index in [9.17, 15) is 4.79 Å². The minimum Gasteiger partial charge on any atom is -0.353 e. The molecule has 1 amide bonds. The molecule has 142 valence electrons. The Hall–Kier alpha value is -1.92. The Balaban J connectivity index is 1.59. The largest absolute Gasteiger partial charge is 0.353 e. The summed E-state index contributed by atoms with van der Waals surface area (Å²) in [7, 11) is 0. The van der Waals surface area contributed by atoms with E-state index in [2.05, 4.69) is 48.2 Å². The molecule has 0 saturated heterocycles. The summed E-state index contributed by atoms with van der Waals surface area (Å²) in [5.74, 6) is 0.0527. The van der Waals surface area contributed by atoms with Crippen molar-refractivity contribution in [3.8, 4) is 0 Å². The van der Waals surface area contributed by atoms with Gasteiger partial charge in [0, 0.05) is 16.3 Å². The van der Waals surface area contributed by atoms with Gasteiger partial charge in [-0.15, -0.1) is 11.3 Å². The molecule has 3 rings (SSSR count). The van der Waals surface area contributed by atoms with Crippen molar-refractivity contribution in [2.45, 2.75) is 56.9 Å². The van der Waals surface area contributed by atoms with Crippen LogP contribution in [0.3, 0.4) is 0 Å². The lowest BCUT2D eigenvalue weighted by Gasteiger charge is -2.17. The van der Waals surface area contributed by atoms with Crippen LogP contribution in [-0.2, 0) is 11.2 Å². The van der Waals surface area contributed by atoms with Gasteiger partial charge in [0.1, 0.15) is 16.2 Å². The van der Waals surface area contributed by atoms with Gasteiger partial charge in [-0.3, -0.25) is 4.79 Å². The van der Waals surface area contributed by atoms with Crippen molar-refractivity contribution < 1.29 is 4.79 Å². The van der Waals surface area contributed by atoms with Crippen LogP contribution >= 0.6 is 23.1 Å². The first kappa shape index (κ1) is 19.8. The third-order valence-electron chi connectivity index (χ3n) is 4.69. The first-order valence-corrected chi connectivity index (χ1v) is 10.9. The number of thiophene rings is 1. The highest BCUT2D eigenvalue weighted by Gasteiger charge is 2.20. The molecule has 2 heterocycles. The lowest BCUT2D eigenvalue weighted by atomic mass is 10.1. The second-order valence-corrected chi connectivity index (χ2v) is 9.37. The molecule has 0 bridgehead atoms. The van der Waals surface area contributed by atoms with Crippen LogP contribution < -0.4 is 5.32 Å². The summed E-state index contributed by atoms with van der Waals surface area (Å²) in [5, 5.41) is 4.91. The summed E-state index contributed by atoms with van der Waals surface area (Å²) in [5.41, 5.74) is 2.51. The van der Waals surface area contributed by atoms with Crippen molar-refractivity contribution in [1.82, 2.24) is 15.3 Å². The van der Waals surface area contributed by atoms with E-state index in [1.165, 1.54) is 27.8 Å². The van der Waals surface area contributed by atoms with Crippen LogP contribution in [-0.4, -0.2) is 27.2 Å². The number of fused-ring (bicyclic) bond motifs is 1. The van der Waals surface area contributed by atoms with E-state index in [1.807, 2.05) is 25.1 Å². The first-order chi connectivity index (χ1) is 13.0. The molecule has 0 aliphatic carbocycles. The highest BCUT2D eigenvalue weighted by atomic mass is 32.2. The molecular weight excluding hydrogens is 374 g/mol. The van der Waals surface area contributed by atoms with Gasteiger partial charge in [-0.25, -0.2) is 9.97 Å². The average molecular weight is 400 g/mol. The lowest BCUT2D eigenvalue weighted by Crippen LogP contribution is -2.37. The van der Waals surface area contributed by atoms with Gasteiger partial charge in [0.15, 0.2) is 0 Å². The monoisotopic (exact) mass is 399 g/mol. The molecule has 2 unspecified atom stereocenters. The minimum atomic E-state index is -0.207. The van der Waals surface area contributed by atoms with Crippen molar-refractivity contribution in [1.29, 1.82) is 0 Å². The number of nitrogens with one attached hydrogen (secondary N) is 1. The molecule has 2 atom stereocenters. The Morgan fingerprint density at radius 2 is 1.93 bits per heavy atom. The van der Waals surface area contributed by atoms with E-state index in [-0.39, 0.29) is 17.2 Å². The van der Waals surface area contributed by atoms with Gasteiger partial charge in [-0.05, 0) is 51.7 Å². The van der Waals surface area contributed by atoms with Crippen LogP contribution in [0.5, 0.6) is 0 Å². The minimum absolute atomic E-state index is 0.0527. The third kappa shape index (κ3) is 4.87. The molecule has 0 fully saturated rings. The smallest absolute Gasteiger partial charge is 0.233 e. The van der Waals surface area contributed by atoms with E-state index in [0.717, 1.165) is 28.1 Å². The van der Waals surface area contributed by atoms with Gasteiger partial charge in [0.25, 0.3) is 0 Å². The SMILES string of the molecule is Cc1sc2ncnc(SC(C)C(=O)NC(C)CCc3ccccc3)c2c1C. The predicted octanol–water partition coefficient (Wildman–Crippen LogP) is 4.93. The van der Waals surface area contributed by atoms with Crippen LogP contribution in [0.1, 0.15) is 36.3 Å². The number of carbonyl (C=O) groups excluding carboxylic acids is 1. The Bertz CT molecular complexity index is 924. The van der Waals surface area contributed by atoms with E-state index in [4.69, 9.17) is 0 Å². The number of benzene rings is 1. The van der Waals surface area contributed by atoms with Crippen LogP contribution in [0, 0.1) is 13.8 Å². The molecule has 0 spiro atoms. The van der Waals surface area contributed by atoms with Crippen molar-refractivity contribution in [3.63, 3.8) is 0 Å². The maximum absolute atomic E-state index is 12.6. The maximum Gasteiger partial charge on any atom is 0.233 e. The van der Waals surface area contributed by atoms with E-state index in [0.29, 0.717) is 0 Å². The summed E-state index contributed by atoms with van der Waals surface area (Å²) < 4.78 is 0. The van der Waals surface area contributed by atoms with E-state index < -0.39 is 0 Å². The normalized spacial score (nSPS) is 13.5. The van der Waals surface area contributed by atoms with Crippen molar-refractivity contribution in [2.24, 2.45) is 0 Å². The number of amides is 1. The molecule has 0 aliphatic heterocycles. The Morgan fingerprint density at radius 1 is 1.19 bits per heavy atom. The summed E-state index contributed by atoms with van der Waals surface area (Å²) in [4.78, 5) is 23.7. The highest BCUT2D eigenvalue weighted by molar-refractivity contribution is 8.00. The topological polar surface area (TPSA) is 54.9 Å². The van der Waals surface area contributed by atoms with E-state index in [1.54, 1.807) is 17.7 Å². The zero-order valence-electron chi connectivity index (χ0n) is 16.2. The van der Waals surface area contributed by atoms with Crippen LogP contribution in [0.2, 0.25) is 0 Å². The molecular formula is C21H25N3OS2. The number of thioether (sulfide) groups is 1. The second kappa shape index (κ2) is 8.85. The molecule has 27 heavy (non-hydrogen) atoms. The molecule has 3 aromatic rings. The van der Waals surface area contributed by atoms with Crippen LogP contribution in [0.25, 0.3) is 10.2 Å². The van der Waals surface area contributed by atoms with Gasteiger partial charge in [-0.2, -0.15) is 0 Å². The number of aromatic nitrogens is 2. The number of carbonyl (C=O) groups is 1.